The molecular formula is C35H37N3O3S. The van der Waals surface area contributed by atoms with Crippen molar-refractivity contribution in [1.82, 2.24) is 14.5 Å². The van der Waals surface area contributed by atoms with Gasteiger partial charge in [-0.25, -0.2) is 14.3 Å². The molecule has 42 heavy (non-hydrogen) atoms. The summed E-state index contributed by atoms with van der Waals surface area (Å²) in [6, 6.07) is 31.8. The lowest BCUT2D eigenvalue weighted by Crippen LogP contribution is -2.52. The van der Waals surface area contributed by atoms with E-state index in [-0.39, 0.29) is 10.4 Å². The zero-order valence-corrected chi connectivity index (χ0v) is 25.4. The van der Waals surface area contributed by atoms with Crippen LogP contribution in [0.15, 0.2) is 109 Å². The molecule has 1 atom stereocenters. The van der Waals surface area contributed by atoms with Crippen molar-refractivity contribution in [2.24, 2.45) is 0 Å². The van der Waals surface area contributed by atoms with Gasteiger partial charge >= 0.3 is 6.09 Å². The molecule has 0 radical (unpaired) electrons. The number of imidazole rings is 1. The van der Waals surface area contributed by atoms with Gasteiger partial charge in [0.2, 0.25) is 0 Å². The molecular weight excluding hydrogens is 542 g/mol. The number of nitrogens with zero attached hydrogens (tertiary/aromatic N) is 3. The monoisotopic (exact) mass is 579 g/mol. The highest BCUT2D eigenvalue weighted by Gasteiger charge is 2.44. The predicted molar refractivity (Wildman–Crippen MR) is 169 cm³/mol. The summed E-state index contributed by atoms with van der Waals surface area (Å²) in [5.74, 6) is 0. The van der Waals surface area contributed by atoms with E-state index in [9.17, 15) is 9.59 Å². The van der Waals surface area contributed by atoms with Crippen LogP contribution in [0.4, 0.5) is 4.79 Å². The highest BCUT2D eigenvalue weighted by atomic mass is 32.2. The van der Waals surface area contributed by atoms with E-state index in [1.165, 1.54) is 39.3 Å². The van der Waals surface area contributed by atoms with Crippen LogP contribution >= 0.6 is 11.8 Å². The normalized spacial score (nSPS) is 17.2. The molecule has 216 valence electrons. The van der Waals surface area contributed by atoms with Gasteiger partial charge in [-0.05, 0) is 55.5 Å². The highest BCUT2D eigenvalue weighted by Crippen LogP contribution is 2.45. The average Bonchev–Trinajstić information content (AvgIpc) is 3.44. The smallest absolute Gasteiger partial charge is 0.420 e. The zero-order valence-electron chi connectivity index (χ0n) is 24.6. The molecule has 1 aromatic heterocycles. The van der Waals surface area contributed by atoms with Gasteiger partial charge in [-0.1, -0.05) is 103 Å². The van der Waals surface area contributed by atoms with E-state index in [0.29, 0.717) is 12.2 Å². The van der Waals surface area contributed by atoms with Gasteiger partial charge in [-0.15, -0.1) is 0 Å². The van der Waals surface area contributed by atoms with Crippen LogP contribution in [0.3, 0.4) is 0 Å². The van der Waals surface area contributed by atoms with Crippen molar-refractivity contribution in [3.05, 3.63) is 131 Å². The quantitative estimate of drug-likeness (QED) is 0.222. The Hall–Kier alpha value is -3.94. The number of hydrogen-bond acceptors (Lipinski definition) is 6. The molecule has 1 aliphatic rings. The van der Waals surface area contributed by atoms with E-state index in [0.717, 1.165) is 18.5 Å². The van der Waals surface area contributed by atoms with E-state index in [2.05, 4.69) is 82.7 Å². The summed E-state index contributed by atoms with van der Waals surface area (Å²) in [6.45, 7) is 8.50. The fraction of sp³-hybridized carbons (Fsp3) is 0.286. The van der Waals surface area contributed by atoms with Gasteiger partial charge in [0.1, 0.15) is 11.9 Å². The Morgan fingerprint density at radius 1 is 0.881 bits per heavy atom. The van der Waals surface area contributed by atoms with Gasteiger partial charge in [0, 0.05) is 25.3 Å². The SMILES string of the molecule is CC(=O)SC1CCN(C(c2ccccc2)(c2ccccc2)c2ccccc2)C/C1=C/c1cncn1C(=O)OC(C)(C)C. The summed E-state index contributed by atoms with van der Waals surface area (Å²) < 4.78 is 7.07. The van der Waals surface area contributed by atoms with E-state index >= 15 is 0 Å². The van der Waals surface area contributed by atoms with E-state index in [1.807, 2.05) is 45.0 Å². The maximum absolute atomic E-state index is 13.0. The Morgan fingerprint density at radius 3 is 1.88 bits per heavy atom. The van der Waals surface area contributed by atoms with Crippen LogP contribution in [-0.2, 0) is 15.1 Å². The van der Waals surface area contributed by atoms with Crippen molar-refractivity contribution in [3.63, 3.8) is 0 Å². The first-order chi connectivity index (χ1) is 20.2. The van der Waals surface area contributed by atoms with Crippen LogP contribution in [0.2, 0.25) is 0 Å². The third kappa shape index (κ3) is 6.27. The number of hydrogen-bond donors (Lipinski definition) is 0. The number of thioether (sulfide) groups is 1. The first-order valence-corrected chi connectivity index (χ1v) is 15.1. The Balaban J connectivity index is 1.65. The largest absolute Gasteiger partial charge is 0.443 e. The summed E-state index contributed by atoms with van der Waals surface area (Å²) in [6.07, 6.45) is 5.45. The lowest BCUT2D eigenvalue weighted by atomic mass is 9.74. The number of ether oxygens (including phenoxy) is 1. The Morgan fingerprint density at radius 2 is 1.40 bits per heavy atom. The van der Waals surface area contributed by atoms with Crippen LogP contribution in [0, 0.1) is 0 Å². The minimum atomic E-state index is -0.638. The summed E-state index contributed by atoms with van der Waals surface area (Å²) in [4.78, 5) is 32.2. The second-order valence-corrected chi connectivity index (χ2v) is 12.9. The lowest BCUT2D eigenvalue weighted by Gasteiger charge is -2.49. The molecule has 5 rings (SSSR count). The fourth-order valence-electron chi connectivity index (χ4n) is 5.77. The van der Waals surface area contributed by atoms with Crippen LogP contribution in [0.5, 0.6) is 0 Å². The number of piperidine rings is 1. The molecule has 7 heteroatoms. The predicted octanol–water partition coefficient (Wildman–Crippen LogP) is 7.40. The number of benzene rings is 3. The summed E-state index contributed by atoms with van der Waals surface area (Å²) in [5.41, 5.74) is 3.95. The van der Waals surface area contributed by atoms with Crippen LogP contribution in [-0.4, -0.2) is 49.6 Å². The lowest BCUT2D eigenvalue weighted by molar-refractivity contribution is -0.109. The van der Waals surface area contributed by atoms with E-state index in [4.69, 9.17) is 4.74 Å². The Bertz CT molecular complexity index is 1450. The third-order valence-corrected chi connectivity index (χ3v) is 8.55. The Kier molecular flexibility index (Phi) is 8.80. The van der Waals surface area contributed by atoms with Crippen LogP contribution in [0.25, 0.3) is 6.08 Å². The molecule has 1 saturated heterocycles. The standard InChI is InChI=1S/C35H37N3O3S/c1-26(39)42-32-20-21-37(24-27(32)22-31-23-36-25-38(31)33(40)41-34(2,3)4)35(28-14-8-5-9-15-28,29-16-10-6-11-17-29)30-18-12-7-13-19-30/h5-19,22-23,25,32H,20-21,24H2,1-4H3/b27-22-. The van der Waals surface area contributed by atoms with Crippen molar-refractivity contribution >= 4 is 29.0 Å². The minimum absolute atomic E-state index is 0.0271. The number of aromatic nitrogens is 2. The van der Waals surface area contributed by atoms with E-state index < -0.39 is 17.2 Å². The molecule has 4 aromatic rings. The summed E-state index contributed by atoms with van der Waals surface area (Å²) in [5, 5.41) is 0.0428. The number of rotatable bonds is 6. The van der Waals surface area contributed by atoms with Crippen LogP contribution in [0.1, 0.15) is 56.5 Å². The van der Waals surface area contributed by atoms with Gasteiger partial charge < -0.3 is 4.74 Å². The molecule has 6 nitrogen and oxygen atoms in total. The molecule has 2 heterocycles. The summed E-state index contributed by atoms with van der Waals surface area (Å²) >= 11 is 1.35. The van der Waals surface area contributed by atoms with Crippen molar-refractivity contribution in [1.29, 1.82) is 0 Å². The fourth-order valence-corrected chi connectivity index (χ4v) is 6.69. The van der Waals surface area contributed by atoms with Crippen molar-refractivity contribution in [2.75, 3.05) is 13.1 Å². The van der Waals surface area contributed by atoms with Gasteiger partial charge in [0.05, 0.1) is 17.4 Å². The number of carbonyl (C=O) groups excluding carboxylic acids is 2. The second-order valence-electron chi connectivity index (χ2n) is 11.5. The van der Waals surface area contributed by atoms with Crippen molar-refractivity contribution in [2.45, 2.75) is 50.5 Å². The highest BCUT2D eigenvalue weighted by molar-refractivity contribution is 8.14. The maximum Gasteiger partial charge on any atom is 0.420 e. The molecule has 0 saturated carbocycles. The third-order valence-electron chi connectivity index (χ3n) is 7.40. The van der Waals surface area contributed by atoms with Crippen LogP contribution < -0.4 is 0 Å². The number of carbonyl (C=O) groups is 2. The van der Waals surface area contributed by atoms with Crippen molar-refractivity contribution < 1.29 is 14.3 Å². The average molecular weight is 580 g/mol. The summed E-state index contributed by atoms with van der Waals surface area (Å²) in [7, 11) is 0. The molecule has 1 aliphatic heterocycles. The molecule has 0 bridgehead atoms. The van der Waals surface area contributed by atoms with Gasteiger partial charge in [-0.2, -0.15) is 0 Å². The van der Waals surface area contributed by atoms with Gasteiger partial charge in [-0.3, -0.25) is 9.69 Å². The van der Waals surface area contributed by atoms with Gasteiger partial charge in [0.15, 0.2) is 5.12 Å². The Labute approximate surface area is 252 Å². The van der Waals surface area contributed by atoms with Crippen molar-refractivity contribution in [3.8, 4) is 0 Å². The molecule has 0 spiro atoms. The molecule has 3 aromatic carbocycles. The minimum Gasteiger partial charge on any atom is -0.443 e. The molecule has 0 aliphatic carbocycles. The molecule has 1 unspecified atom stereocenters. The first kappa shape index (κ1) is 29.5. The first-order valence-electron chi connectivity index (χ1n) is 14.2. The van der Waals surface area contributed by atoms with Gasteiger partial charge in [0.25, 0.3) is 0 Å². The topological polar surface area (TPSA) is 64.4 Å². The molecule has 0 N–H and O–H groups in total. The number of likely N-dealkylation sites (tertiary alicyclic amines) is 1. The molecule has 1 fully saturated rings. The molecule has 0 amide bonds. The maximum atomic E-state index is 13.0. The zero-order chi connectivity index (χ0) is 29.7. The second kappa shape index (κ2) is 12.5. The van der Waals surface area contributed by atoms with E-state index in [1.54, 1.807) is 13.1 Å².